The fourth-order valence-corrected chi connectivity index (χ4v) is 2.29. The van der Waals surface area contributed by atoms with Crippen molar-refractivity contribution >= 4 is 23.2 Å². The molecular formula is C13H15N3O2S. The summed E-state index contributed by atoms with van der Waals surface area (Å²) in [5, 5.41) is 7.25. The summed E-state index contributed by atoms with van der Waals surface area (Å²) in [7, 11) is 0. The maximum absolute atomic E-state index is 11.6. The molecule has 2 rings (SSSR count). The molecule has 0 spiro atoms. The van der Waals surface area contributed by atoms with Crippen LogP contribution in [0.3, 0.4) is 0 Å². The first-order chi connectivity index (χ1) is 9.25. The lowest BCUT2D eigenvalue weighted by Gasteiger charge is -2.05. The van der Waals surface area contributed by atoms with Crippen molar-refractivity contribution in [3.8, 4) is 0 Å². The number of ketones is 1. The Morgan fingerprint density at radius 1 is 1.21 bits per heavy atom. The second kappa shape index (κ2) is 6.75. The molecule has 0 unspecified atom stereocenters. The number of aromatic nitrogens is 1. The predicted octanol–water partition coefficient (Wildman–Crippen LogP) is 1.80. The van der Waals surface area contributed by atoms with E-state index < -0.39 is 0 Å². The molecule has 0 aliphatic rings. The molecule has 5 nitrogen and oxygen atoms in total. The van der Waals surface area contributed by atoms with Crippen LogP contribution in [0.25, 0.3) is 0 Å². The van der Waals surface area contributed by atoms with E-state index in [4.69, 9.17) is 0 Å². The maximum Gasteiger partial charge on any atom is 0.315 e. The van der Waals surface area contributed by atoms with E-state index in [2.05, 4.69) is 15.6 Å². The van der Waals surface area contributed by atoms with Crippen LogP contribution in [0.5, 0.6) is 0 Å². The van der Waals surface area contributed by atoms with Gasteiger partial charge in [0.05, 0.1) is 12.2 Å². The third kappa shape index (κ3) is 4.26. The Morgan fingerprint density at radius 3 is 2.79 bits per heavy atom. The second-order valence-electron chi connectivity index (χ2n) is 3.95. The minimum Gasteiger partial charge on any atom is -0.359 e. The van der Waals surface area contributed by atoms with E-state index >= 15 is 0 Å². The zero-order chi connectivity index (χ0) is 13.5. The molecule has 6 heteroatoms. The number of hydrogen-bond acceptors (Lipinski definition) is 3. The third-order valence-corrected chi connectivity index (χ3v) is 3.48. The highest BCUT2D eigenvalue weighted by molar-refractivity contribution is 7.09. The van der Waals surface area contributed by atoms with Crippen LogP contribution in [0.1, 0.15) is 15.4 Å². The molecule has 0 saturated carbocycles. The molecule has 2 heterocycles. The van der Waals surface area contributed by atoms with E-state index in [0.29, 0.717) is 12.2 Å². The van der Waals surface area contributed by atoms with Crippen LogP contribution in [-0.4, -0.2) is 29.9 Å². The molecule has 0 bridgehead atoms. The molecular weight excluding hydrogens is 262 g/mol. The molecule has 0 fully saturated rings. The molecule has 0 aromatic carbocycles. The Bertz CT molecular complexity index is 520. The number of urea groups is 1. The first-order valence-electron chi connectivity index (χ1n) is 5.96. The summed E-state index contributed by atoms with van der Waals surface area (Å²) >= 11 is 1.66. The van der Waals surface area contributed by atoms with E-state index in [1.165, 1.54) is 4.88 Å². The normalized spacial score (nSPS) is 10.1. The van der Waals surface area contributed by atoms with Crippen LogP contribution in [0, 0.1) is 0 Å². The van der Waals surface area contributed by atoms with Crippen LogP contribution in [0.2, 0.25) is 0 Å². The van der Waals surface area contributed by atoms with Crippen LogP contribution in [0.15, 0.2) is 35.8 Å². The van der Waals surface area contributed by atoms with Crippen molar-refractivity contribution in [2.75, 3.05) is 13.1 Å². The van der Waals surface area contributed by atoms with E-state index in [9.17, 15) is 9.59 Å². The van der Waals surface area contributed by atoms with Crippen LogP contribution < -0.4 is 10.6 Å². The number of H-pyrrole nitrogens is 1. The van der Waals surface area contributed by atoms with Gasteiger partial charge in [-0.25, -0.2) is 4.79 Å². The van der Waals surface area contributed by atoms with Crippen molar-refractivity contribution in [2.45, 2.75) is 6.42 Å². The zero-order valence-electron chi connectivity index (χ0n) is 10.3. The summed E-state index contributed by atoms with van der Waals surface area (Å²) in [6, 6.07) is 7.11. The van der Waals surface area contributed by atoms with Gasteiger partial charge >= 0.3 is 6.03 Å². The highest BCUT2D eigenvalue weighted by atomic mass is 32.1. The van der Waals surface area contributed by atoms with Gasteiger partial charge in [-0.2, -0.15) is 0 Å². The Kier molecular flexibility index (Phi) is 4.74. The third-order valence-electron chi connectivity index (χ3n) is 2.54. The lowest BCUT2D eigenvalue weighted by Crippen LogP contribution is -2.39. The molecule has 2 amide bonds. The molecule has 3 N–H and O–H groups in total. The van der Waals surface area contributed by atoms with Gasteiger partial charge in [0.15, 0.2) is 5.78 Å². The van der Waals surface area contributed by atoms with Crippen molar-refractivity contribution in [3.05, 3.63) is 46.4 Å². The summed E-state index contributed by atoms with van der Waals surface area (Å²) in [6.07, 6.45) is 2.48. The van der Waals surface area contributed by atoms with E-state index in [1.54, 1.807) is 29.7 Å². The minimum absolute atomic E-state index is 0.00858. The molecule has 2 aromatic rings. The number of thiophene rings is 1. The number of carbonyl (C=O) groups is 2. The topological polar surface area (TPSA) is 74.0 Å². The van der Waals surface area contributed by atoms with Crippen molar-refractivity contribution in [1.82, 2.24) is 15.6 Å². The fourth-order valence-electron chi connectivity index (χ4n) is 1.58. The molecule has 0 radical (unpaired) electrons. The summed E-state index contributed by atoms with van der Waals surface area (Å²) in [5.41, 5.74) is 0.499. The average Bonchev–Trinajstić information content (AvgIpc) is 3.08. The molecule has 100 valence electrons. The smallest absolute Gasteiger partial charge is 0.315 e. The number of nitrogens with one attached hydrogen (secondary N) is 3. The van der Waals surface area contributed by atoms with Gasteiger partial charge in [-0.1, -0.05) is 6.07 Å². The summed E-state index contributed by atoms with van der Waals surface area (Å²) in [5.74, 6) is -0.140. The van der Waals surface area contributed by atoms with Gasteiger partial charge in [0.25, 0.3) is 0 Å². The largest absolute Gasteiger partial charge is 0.359 e. The van der Waals surface area contributed by atoms with E-state index in [1.807, 2.05) is 17.5 Å². The van der Waals surface area contributed by atoms with Crippen LogP contribution in [0.4, 0.5) is 4.79 Å². The van der Waals surface area contributed by atoms with Crippen molar-refractivity contribution in [1.29, 1.82) is 0 Å². The summed E-state index contributed by atoms with van der Waals surface area (Å²) in [6.45, 7) is 0.550. The van der Waals surface area contributed by atoms with Gasteiger partial charge in [0.1, 0.15) is 0 Å². The molecule has 0 aliphatic carbocycles. The number of carbonyl (C=O) groups excluding carboxylic acids is 2. The van der Waals surface area contributed by atoms with Crippen LogP contribution >= 0.6 is 11.3 Å². The van der Waals surface area contributed by atoms with Gasteiger partial charge in [0, 0.05) is 17.6 Å². The maximum atomic E-state index is 11.6. The highest BCUT2D eigenvalue weighted by Gasteiger charge is 2.07. The van der Waals surface area contributed by atoms with Gasteiger partial charge < -0.3 is 15.6 Å². The average molecular weight is 277 g/mol. The number of aromatic amines is 1. The van der Waals surface area contributed by atoms with Gasteiger partial charge in [-0.15, -0.1) is 11.3 Å². The highest BCUT2D eigenvalue weighted by Crippen LogP contribution is 2.07. The molecule has 19 heavy (non-hydrogen) atoms. The molecule has 0 atom stereocenters. The Hall–Kier alpha value is -2.08. The minimum atomic E-state index is -0.323. The molecule has 2 aromatic heterocycles. The number of hydrogen-bond donors (Lipinski definition) is 3. The Labute approximate surface area is 115 Å². The standard InChI is InChI=1S/C13H15N3O2S/c17-12(11-4-1-6-14-11)9-16-13(18)15-7-5-10-3-2-8-19-10/h1-4,6,8,14H,5,7,9H2,(H2,15,16,18). The van der Waals surface area contributed by atoms with Gasteiger partial charge in [-0.05, 0) is 30.0 Å². The first-order valence-corrected chi connectivity index (χ1v) is 6.84. The van der Waals surface area contributed by atoms with Crippen molar-refractivity contribution < 1.29 is 9.59 Å². The van der Waals surface area contributed by atoms with Gasteiger partial charge in [0.2, 0.25) is 0 Å². The zero-order valence-corrected chi connectivity index (χ0v) is 11.1. The Balaban J connectivity index is 1.63. The predicted molar refractivity (Wildman–Crippen MR) is 74.5 cm³/mol. The quantitative estimate of drug-likeness (QED) is 0.704. The molecule has 0 aliphatic heterocycles. The number of amides is 2. The lowest BCUT2D eigenvalue weighted by molar-refractivity contribution is 0.0988. The monoisotopic (exact) mass is 277 g/mol. The number of rotatable bonds is 6. The van der Waals surface area contributed by atoms with Crippen molar-refractivity contribution in [3.63, 3.8) is 0 Å². The van der Waals surface area contributed by atoms with Gasteiger partial charge in [-0.3, -0.25) is 4.79 Å². The summed E-state index contributed by atoms with van der Waals surface area (Å²) in [4.78, 5) is 27.1. The first kappa shape index (κ1) is 13.4. The second-order valence-corrected chi connectivity index (χ2v) is 4.98. The molecule has 0 saturated heterocycles. The number of Topliss-reactive ketones (excluding diaryl/α,β-unsaturated/α-hetero) is 1. The van der Waals surface area contributed by atoms with Crippen molar-refractivity contribution in [2.24, 2.45) is 0 Å². The van der Waals surface area contributed by atoms with E-state index in [0.717, 1.165) is 6.42 Å². The van der Waals surface area contributed by atoms with Crippen LogP contribution in [-0.2, 0) is 6.42 Å². The fraction of sp³-hybridized carbons (Fsp3) is 0.231. The lowest BCUT2D eigenvalue weighted by atomic mass is 10.3. The summed E-state index contributed by atoms with van der Waals surface area (Å²) < 4.78 is 0. The Morgan fingerprint density at radius 2 is 2.11 bits per heavy atom. The SMILES string of the molecule is O=C(NCCc1cccs1)NCC(=O)c1ccc[nH]1. The van der Waals surface area contributed by atoms with E-state index in [-0.39, 0.29) is 18.4 Å².